The largest absolute Gasteiger partial charge is 0.330 e. The van der Waals surface area contributed by atoms with Crippen LogP contribution in [0.15, 0.2) is 24.3 Å². The number of terminal acetylenes is 1. The fourth-order valence-electron chi connectivity index (χ4n) is 1.30. The van der Waals surface area contributed by atoms with E-state index in [0.717, 1.165) is 11.3 Å². The second kappa shape index (κ2) is 5.94. The standard InChI is InChI=1S/C13H16N2O/c1-3-11-5-4-6-12(8-11)15-13(16)7-10(2)9-14/h1,4-6,8,10H,7,9,14H2,2H3,(H,15,16). The van der Waals surface area contributed by atoms with Crippen LogP contribution in [0.4, 0.5) is 5.69 Å². The Morgan fingerprint density at radius 3 is 3.00 bits per heavy atom. The topological polar surface area (TPSA) is 55.1 Å². The summed E-state index contributed by atoms with van der Waals surface area (Å²) in [7, 11) is 0. The molecule has 1 aromatic rings. The van der Waals surface area contributed by atoms with Crippen molar-refractivity contribution in [2.75, 3.05) is 11.9 Å². The van der Waals surface area contributed by atoms with E-state index in [-0.39, 0.29) is 11.8 Å². The van der Waals surface area contributed by atoms with E-state index in [1.54, 1.807) is 6.07 Å². The minimum atomic E-state index is -0.0351. The van der Waals surface area contributed by atoms with Gasteiger partial charge in [-0.25, -0.2) is 0 Å². The molecule has 1 atom stereocenters. The maximum Gasteiger partial charge on any atom is 0.224 e. The molecule has 1 amide bonds. The van der Waals surface area contributed by atoms with Gasteiger partial charge in [0.05, 0.1) is 0 Å². The van der Waals surface area contributed by atoms with Gasteiger partial charge in [0.15, 0.2) is 0 Å². The van der Waals surface area contributed by atoms with E-state index < -0.39 is 0 Å². The molecule has 3 nitrogen and oxygen atoms in total. The zero-order valence-corrected chi connectivity index (χ0v) is 9.36. The number of amides is 1. The number of hydrogen-bond donors (Lipinski definition) is 2. The summed E-state index contributed by atoms with van der Waals surface area (Å²) in [5.74, 6) is 2.68. The summed E-state index contributed by atoms with van der Waals surface area (Å²) in [5.41, 5.74) is 6.93. The van der Waals surface area contributed by atoms with Crippen molar-refractivity contribution in [2.45, 2.75) is 13.3 Å². The van der Waals surface area contributed by atoms with E-state index in [0.29, 0.717) is 13.0 Å². The maximum absolute atomic E-state index is 11.6. The highest BCUT2D eigenvalue weighted by Crippen LogP contribution is 2.11. The van der Waals surface area contributed by atoms with Crippen molar-refractivity contribution in [1.29, 1.82) is 0 Å². The number of benzene rings is 1. The first-order valence-corrected chi connectivity index (χ1v) is 5.22. The molecule has 0 saturated carbocycles. The van der Waals surface area contributed by atoms with Crippen LogP contribution >= 0.6 is 0 Å². The summed E-state index contributed by atoms with van der Waals surface area (Å²) >= 11 is 0. The van der Waals surface area contributed by atoms with Crippen LogP contribution in [0.5, 0.6) is 0 Å². The zero-order valence-electron chi connectivity index (χ0n) is 9.36. The first-order valence-electron chi connectivity index (χ1n) is 5.22. The molecule has 0 aromatic heterocycles. The van der Waals surface area contributed by atoms with Gasteiger partial charge in [-0.15, -0.1) is 6.42 Å². The minimum absolute atomic E-state index is 0.0351. The minimum Gasteiger partial charge on any atom is -0.330 e. The third kappa shape index (κ3) is 3.76. The molecule has 16 heavy (non-hydrogen) atoms. The molecule has 1 unspecified atom stereocenters. The molecule has 1 aromatic carbocycles. The number of carbonyl (C=O) groups is 1. The first kappa shape index (κ1) is 12.3. The van der Waals surface area contributed by atoms with E-state index in [1.165, 1.54) is 0 Å². The third-order valence-corrected chi connectivity index (χ3v) is 2.25. The van der Waals surface area contributed by atoms with Crippen molar-refractivity contribution in [2.24, 2.45) is 11.7 Å². The predicted octanol–water partition coefficient (Wildman–Crippen LogP) is 1.59. The molecular weight excluding hydrogens is 200 g/mol. The number of anilines is 1. The number of nitrogens with two attached hydrogens (primary N) is 1. The van der Waals surface area contributed by atoms with Gasteiger partial charge in [0.1, 0.15) is 0 Å². The van der Waals surface area contributed by atoms with E-state index in [9.17, 15) is 4.79 Å². The third-order valence-electron chi connectivity index (χ3n) is 2.25. The lowest BCUT2D eigenvalue weighted by atomic mass is 10.1. The quantitative estimate of drug-likeness (QED) is 0.751. The summed E-state index contributed by atoms with van der Waals surface area (Å²) in [4.78, 5) is 11.6. The van der Waals surface area contributed by atoms with Crippen molar-refractivity contribution in [3.63, 3.8) is 0 Å². The Morgan fingerprint density at radius 1 is 1.62 bits per heavy atom. The van der Waals surface area contributed by atoms with E-state index in [2.05, 4.69) is 11.2 Å². The summed E-state index contributed by atoms with van der Waals surface area (Å²) in [6.45, 7) is 2.45. The molecule has 1 rings (SSSR count). The Kier molecular flexibility index (Phi) is 4.56. The monoisotopic (exact) mass is 216 g/mol. The van der Waals surface area contributed by atoms with Gasteiger partial charge in [0.25, 0.3) is 0 Å². The van der Waals surface area contributed by atoms with E-state index in [1.807, 2.05) is 25.1 Å². The van der Waals surface area contributed by atoms with Crippen molar-refractivity contribution in [3.05, 3.63) is 29.8 Å². The second-order valence-electron chi connectivity index (χ2n) is 3.82. The highest BCUT2D eigenvalue weighted by molar-refractivity contribution is 5.91. The number of nitrogens with one attached hydrogen (secondary N) is 1. The van der Waals surface area contributed by atoms with Crippen molar-refractivity contribution in [1.82, 2.24) is 0 Å². The molecule has 0 aliphatic heterocycles. The Balaban J connectivity index is 2.60. The predicted molar refractivity (Wildman–Crippen MR) is 65.8 cm³/mol. The van der Waals surface area contributed by atoms with E-state index >= 15 is 0 Å². The second-order valence-corrected chi connectivity index (χ2v) is 3.82. The lowest BCUT2D eigenvalue weighted by Gasteiger charge is -2.09. The van der Waals surface area contributed by atoms with Crippen LogP contribution in [0.3, 0.4) is 0 Å². The average Bonchev–Trinajstić information content (AvgIpc) is 2.28. The normalized spacial score (nSPS) is 11.6. The van der Waals surface area contributed by atoms with Gasteiger partial charge in [0.2, 0.25) is 5.91 Å². The number of rotatable bonds is 4. The summed E-state index contributed by atoms with van der Waals surface area (Å²) in [6.07, 6.45) is 5.70. The zero-order chi connectivity index (χ0) is 12.0. The summed E-state index contributed by atoms with van der Waals surface area (Å²) in [6, 6.07) is 7.21. The van der Waals surface area contributed by atoms with Gasteiger partial charge >= 0.3 is 0 Å². The molecule has 0 heterocycles. The number of carbonyl (C=O) groups excluding carboxylic acids is 1. The highest BCUT2D eigenvalue weighted by atomic mass is 16.1. The van der Waals surface area contributed by atoms with Crippen LogP contribution in [0, 0.1) is 18.3 Å². The van der Waals surface area contributed by atoms with Gasteiger partial charge in [-0.1, -0.05) is 18.9 Å². The fourth-order valence-corrected chi connectivity index (χ4v) is 1.30. The molecule has 0 spiro atoms. The molecule has 0 aliphatic carbocycles. The summed E-state index contributed by atoms with van der Waals surface area (Å²) < 4.78 is 0. The van der Waals surface area contributed by atoms with Gasteiger partial charge < -0.3 is 11.1 Å². The molecule has 3 heteroatoms. The average molecular weight is 216 g/mol. The Labute approximate surface area is 96.0 Å². The first-order chi connectivity index (χ1) is 7.65. The van der Waals surface area contributed by atoms with Crippen molar-refractivity contribution < 1.29 is 4.79 Å². The van der Waals surface area contributed by atoms with Crippen LogP contribution in [-0.4, -0.2) is 12.5 Å². The molecule has 3 N–H and O–H groups in total. The molecule has 0 fully saturated rings. The van der Waals surface area contributed by atoms with Gasteiger partial charge in [-0.3, -0.25) is 4.79 Å². The maximum atomic E-state index is 11.6. The van der Waals surface area contributed by atoms with Crippen molar-refractivity contribution >= 4 is 11.6 Å². The van der Waals surface area contributed by atoms with Gasteiger partial charge in [0, 0.05) is 17.7 Å². The van der Waals surface area contributed by atoms with Crippen molar-refractivity contribution in [3.8, 4) is 12.3 Å². The SMILES string of the molecule is C#Cc1cccc(NC(=O)CC(C)CN)c1. The van der Waals surface area contributed by atoms with Crippen LogP contribution in [0.25, 0.3) is 0 Å². The van der Waals surface area contributed by atoms with Crippen LogP contribution in [-0.2, 0) is 4.79 Å². The lowest BCUT2D eigenvalue weighted by Crippen LogP contribution is -2.20. The molecular formula is C13H16N2O. The van der Waals surface area contributed by atoms with Crippen LogP contribution in [0.1, 0.15) is 18.9 Å². The fraction of sp³-hybridized carbons (Fsp3) is 0.308. The molecule has 0 radical (unpaired) electrons. The smallest absolute Gasteiger partial charge is 0.224 e. The van der Waals surface area contributed by atoms with Gasteiger partial charge in [-0.05, 0) is 30.7 Å². The Morgan fingerprint density at radius 2 is 2.38 bits per heavy atom. The lowest BCUT2D eigenvalue weighted by molar-refractivity contribution is -0.116. The highest BCUT2D eigenvalue weighted by Gasteiger charge is 2.07. The van der Waals surface area contributed by atoms with Gasteiger partial charge in [-0.2, -0.15) is 0 Å². The number of hydrogen-bond acceptors (Lipinski definition) is 2. The van der Waals surface area contributed by atoms with E-state index in [4.69, 9.17) is 12.2 Å². The van der Waals surface area contributed by atoms with Crippen LogP contribution in [0.2, 0.25) is 0 Å². The molecule has 0 saturated heterocycles. The molecule has 0 aliphatic rings. The molecule has 84 valence electrons. The van der Waals surface area contributed by atoms with Crippen LogP contribution < -0.4 is 11.1 Å². The summed E-state index contributed by atoms with van der Waals surface area (Å²) in [5, 5.41) is 2.79. The molecule has 0 bridgehead atoms. The Bertz CT molecular complexity index is 407. The Hall–Kier alpha value is -1.79.